The summed E-state index contributed by atoms with van der Waals surface area (Å²) in [6, 6.07) is 9.93. The number of carbonyl (C=O) groups is 1. The predicted molar refractivity (Wildman–Crippen MR) is 122 cm³/mol. The number of nitrogen functional groups attached to an aromatic ring is 1. The smallest absolute Gasteiger partial charge is 0.243 e. The van der Waals surface area contributed by atoms with E-state index in [0.717, 1.165) is 11.8 Å². The Kier molecular flexibility index (Phi) is 7.59. The van der Waals surface area contributed by atoms with Crippen molar-refractivity contribution in [2.24, 2.45) is 0 Å². The van der Waals surface area contributed by atoms with Crippen molar-refractivity contribution in [1.29, 1.82) is 0 Å². The molecule has 1 unspecified atom stereocenters. The maximum absolute atomic E-state index is 12.8. The second-order valence-electron chi connectivity index (χ2n) is 6.85. The molecule has 10 nitrogen and oxygen atoms in total. The number of nitrogens with two attached hydrogens (primary N) is 1. The van der Waals surface area contributed by atoms with Crippen molar-refractivity contribution >= 4 is 27.7 Å². The van der Waals surface area contributed by atoms with Gasteiger partial charge in [-0.3, -0.25) is 4.79 Å². The summed E-state index contributed by atoms with van der Waals surface area (Å²) in [5.74, 6) is 6.92. The van der Waals surface area contributed by atoms with Crippen molar-refractivity contribution in [3.05, 3.63) is 48.4 Å². The first kappa shape index (κ1) is 23.8. The number of amides is 1. The lowest BCUT2D eigenvalue weighted by molar-refractivity contribution is -0.120. The number of hydrogen-bond donors (Lipinski definition) is 2. The number of nitrogens with one attached hydrogen (secondary N) is 1. The lowest BCUT2D eigenvalue weighted by Gasteiger charge is -2.18. The number of carbonyl (C=O) groups excluding carboxylic acids is 1. The summed E-state index contributed by atoms with van der Waals surface area (Å²) in [7, 11) is -3.62. The van der Waals surface area contributed by atoms with Crippen LogP contribution in [0.15, 0.2) is 57.1 Å². The van der Waals surface area contributed by atoms with Gasteiger partial charge < -0.3 is 15.6 Å². The highest BCUT2D eigenvalue weighted by Gasteiger charge is 2.24. The molecule has 0 aliphatic carbocycles. The van der Waals surface area contributed by atoms with E-state index in [1.165, 1.54) is 21.1 Å². The first-order chi connectivity index (χ1) is 15.3. The van der Waals surface area contributed by atoms with E-state index in [2.05, 4.69) is 15.5 Å². The minimum atomic E-state index is -3.62. The van der Waals surface area contributed by atoms with Gasteiger partial charge in [0.1, 0.15) is 5.76 Å². The van der Waals surface area contributed by atoms with Crippen molar-refractivity contribution in [2.45, 2.75) is 42.6 Å². The van der Waals surface area contributed by atoms with E-state index in [-0.39, 0.29) is 17.3 Å². The topological polar surface area (TPSA) is 136 Å². The Labute approximate surface area is 191 Å². The Balaban J connectivity index is 1.75. The maximum atomic E-state index is 12.8. The van der Waals surface area contributed by atoms with Gasteiger partial charge in [-0.2, -0.15) is 4.31 Å². The highest BCUT2D eigenvalue weighted by molar-refractivity contribution is 8.00. The average Bonchev–Trinajstić information content (AvgIpc) is 3.43. The predicted octanol–water partition coefficient (Wildman–Crippen LogP) is 2.08. The summed E-state index contributed by atoms with van der Waals surface area (Å²) in [6.07, 6.45) is 1.54. The second-order valence-corrected chi connectivity index (χ2v) is 10.1. The Morgan fingerprint density at radius 1 is 1.25 bits per heavy atom. The molecule has 0 aliphatic heterocycles. The van der Waals surface area contributed by atoms with Gasteiger partial charge in [-0.05, 0) is 31.2 Å². The van der Waals surface area contributed by atoms with Gasteiger partial charge >= 0.3 is 0 Å². The van der Waals surface area contributed by atoms with E-state index in [0.29, 0.717) is 35.4 Å². The van der Waals surface area contributed by atoms with Crippen molar-refractivity contribution in [1.82, 2.24) is 24.5 Å². The number of furan rings is 1. The number of aromatic nitrogens is 3. The number of rotatable bonds is 10. The van der Waals surface area contributed by atoms with E-state index in [9.17, 15) is 13.2 Å². The van der Waals surface area contributed by atoms with Crippen LogP contribution in [0.3, 0.4) is 0 Å². The fraction of sp³-hybridized carbons (Fsp3) is 0.350. The molecular formula is C20H26N6O4S2. The van der Waals surface area contributed by atoms with Gasteiger partial charge in [-0.25, -0.2) is 13.1 Å². The molecule has 12 heteroatoms. The average molecular weight is 479 g/mol. The molecule has 0 bridgehead atoms. The van der Waals surface area contributed by atoms with Crippen LogP contribution in [0.1, 0.15) is 26.5 Å². The summed E-state index contributed by atoms with van der Waals surface area (Å²) in [5.41, 5.74) is 0.509. The van der Waals surface area contributed by atoms with Crippen molar-refractivity contribution < 1.29 is 17.6 Å². The van der Waals surface area contributed by atoms with Crippen LogP contribution in [-0.4, -0.2) is 51.8 Å². The summed E-state index contributed by atoms with van der Waals surface area (Å²) < 4.78 is 33.5. The van der Waals surface area contributed by atoms with Crippen LogP contribution >= 0.6 is 11.8 Å². The molecule has 3 aromatic rings. The van der Waals surface area contributed by atoms with Crippen LogP contribution in [0, 0.1) is 0 Å². The van der Waals surface area contributed by atoms with Crippen LogP contribution in [0.4, 0.5) is 0 Å². The van der Waals surface area contributed by atoms with Gasteiger partial charge in [0.25, 0.3) is 0 Å². The molecule has 3 rings (SSSR count). The molecule has 1 aromatic carbocycles. The standard InChI is InChI=1S/C20H26N6O4S2/c1-4-25(5-2)32(28,29)17-10-6-8-15(12-17)18-23-24-20(26(18)21)31-14(3)19(27)22-13-16-9-7-11-30-16/h6-12,14H,4-5,13,21H2,1-3H3,(H,22,27). The van der Waals surface area contributed by atoms with Gasteiger partial charge in [-0.15, -0.1) is 10.2 Å². The zero-order valence-electron chi connectivity index (χ0n) is 18.1. The van der Waals surface area contributed by atoms with E-state index in [4.69, 9.17) is 10.3 Å². The molecule has 0 radical (unpaired) electrons. The quantitative estimate of drug-likeness (QED) is 0.334. The molecule has 2 aromatic heterocycles. The SMILES string of the molecule is CCN(CC)S(=O)(=O)c1cccc(-c2nnc(SC(C)C(=O)NCc3ccco3)n2N)c1. The molecule has 0 fully saturated rings. The molecule has 1 amide bonds. The molecule has 0 saturated heterocycles. The number of nitrogens with zero attached hydrogens (tertiary/aromatic N) is 4. The van der Waals surface area contributed by atoms with Crippen LogP contribution in [0.25, 0.3) is 11.4 Å². The van der Waals surface area contributed by atoms with Crippen LogP contribution < -0.4 is 11.2 Å². The Morgan fingerprint density at radius 2 is 2.00 bits per heavy atom. The van der Waals surface area contributed by atoms with Gasteiger partial charge in [0.2, 0.25) is 21.1 Å². The summed E-state index contributed by atoms with van der Waals surface area (Å²) in [5, 5.41) is 10.8. The fourth-order valence-corrected chi connectivity index (χ4v) is 5.30. The summed E-state index contributed by atoms with van der Waals surface area (Å²) >= 11 is 1.15. The van der Waals surface area contributed by atoms with E-state index >= 15 is 0 Å². The Morgan fingerprint density at radius 3 is 2.66 bits per heavy atom. The molecule has 1 atom stereocenters. The van der Waals surface area contributed by atoms with E-state index in [1.54, 1.807) is 51.3 Å². The molecular weight excluding hydrogens is 452 g/mol. The van der Waals surface area contributed by atoms with E-state index in [1.807, 2.05) is 0 Å². The maximum Gasteiger partial charge on any atom is 0.243 e. The van der Waals surface area contributed by atoms with Crippen molar-refractivity contribution in [3.63, 3.8) is 0 Å². The highest BCUT2D eigenvalue weighted by atomic mass is 32.2. The first-order valence-electron chi connectivity index (χ1n) is 10.1. The zero-order valence-corrected chi connectivity index (χ0v) is 19.7. The van der Waals surface area contributed by atoms with Gasteiger partial charge in [0, 0.05) is 18.7 Å². The Hall–Kier alpha value is -2.83. The van der Waals surface area contributed by atoms with Crippen LogP contribution in [0.5, 0.6) is 0 Å². The zero-order chi connectivity index (χ0) is 23.3. The lowest BCUT2D eigenvalue weighted by Crippen LogP contribution is -2.30. The highest BCUT2D eigenvalue weighted by Crippen LogP contribution is 2.27. The number of thioether (sulfide) groups is 1. The molecule has 32 heavy (non-hydrogen) atoms. The lowest BCUT2D eigenvalue weighted by atomic mass is 10.2. The minimum absolute atomic E-state index is 0.154. The van der Waals surface area contributed by atoms with Crippen LogP contribution in [0.2, 0.25) is 0 Å². The molecule has 0 spiro atoms. The first-order valence-corrected chi connectivity index (χ1v) is 12.4. The van der Waals surface area contributed by atoms with Crippen LogP contribution in [-0.2, 0) is 21.4 Å². The second kappa shape index (κ2) is 10.2. The molecule has 3 N–H and O–H groups in total. The summed E-state index contributed by atoms with van der Waals surface area (Å²) in [4.78, 5) is 12.5. The van der Waals surface area contributed by atoms with E-state index < -0.39 is 15.3 Å². The van der Waals surface area contributed by atoms with Crippen molar-refractivity contribution in [3.8, 4) is 11.4 Å². The van der Waals surface area contributed by atoms with Gasteiger partial charge in [0.15, 0.2) is 5.82 Å². The van der Waals surface area contributed by atoms with Crippen molar-refractivity contribution in [2.75, 3.05) is 18.9 Å². The van der Waals surface area contributed by atoms with Gasteiger partial charge in [-0.1, -0.05) is 37.7 Å². The summed E-state index contributed by atoms with van der Waals surface area (Å²) in [6.45, 7) is 6.33. The number of benzene rings is 1. The Bertz CT molecular complexity index is 1160. The third-order valence-electron chi connectivity index (χ3n) is 4.77. The monoisotopic (exact) mass is 478 g/mol. The third kappa shape index (κ3) is 5.14. The molecule has 2 heterocycles. The fourth-order valence-electron chi connectivity index (χ4n) is 3.01. The molecule has 172 valence electrons. The third-order valence-corrected chi connectivity index (χ3v) is 7.87. The number of hydrogen-bond acceptors (Lipinski definition) is 8. The minimum Gasteiger partial charge on any atom is -0.467 e. The molecule has 0 aliphatic rings. The normalized spacial score (nSPS) is 12.8. The largest absolute Gasteiger partial charge is 0.467 e. The molecule has 0 saturated carbocycles. The van der Waals surface area contributed by atoms with Gasteiger partial charge in [0.05, 0.1) is 23.0 Å². The number of sulfonamides is 1.